The molecule has 2 amide bonds. The highest BCUT2D eigenvalue weighted by Gasteiger charge is 2.20. The number of amides is 2. The molecule has 0 fully saturated rings. The molecule has 0 unspecified atom stereocenters. The van der Waals surface area contributed by atoms with Crippen LogP contribution in [0.3, 0.4) is 0 Å². The second-order valence-electron chi connectivity index (χ2n) is 7.88. The lowest BCUT2D eigenvalue weighted by Crippen LogP contribution is -2.32. The first-order valence-corrected chi connectivity index (χ1v) is 11.5. The molecule has 0 saturated carbocycles. The molecule has 0 heterocycles. The van der Waals surface area contributed by atoms with Crippen molar-refractivity contribution in [3.8, 4) is 0 Å². The fraction of sp³-hybridized carbons (Fsp3) is 0.231. The first kappa shape index (κ1) is 24.6. The van der Waals surface area contributed by atoms with Crippen LogP contribution in [0, 0.1) is 0 Å². The Morgan fingerprint density at radius 1 is 0.879 bits per heavy atom. The maximum absolute atomic E-state index is 13.3. The fourth-order valence-electron chi connectivity index (χ4n) is 3.60. The summed E-state index contributed by atoms with van der Waals surface area (Å²) >= 11 is 12.5. The van der Waals surface area contributed by atoms with E-state index in [1.807, 2.05) is 44.1 Å². The Bertz CT molecular complexity index is 1150. The Morgan fingerprint density at radius 2 is 1.48 bits per heavy atom. The molecule has 0 saturated heterocycles. The van der Waals surface area contributed by atoms with Gasteiger partial charge in [0.05, 0.1) is 21.2 Å². The van der Waals surface area contributed by atoms with Gasteiger partial charge in [-0.2, -0.15) is 0 Å². The second-order valence-corrected chi connectivity index (χ2v) is 8.69. The summed E-state index contributed by atoms with van der Waals surface area (Å²) < 4.78 is 0. The van der Waals surface area contributed by atoms with Crippen LogP contribution in [0.5, 0.6) is 0 Å². The molecule has 0 spiro atoms. The predicted octanol–water partition coefficient (Wildman–Crippen LogP) is 6.36. The van der Waals surface area contributed by atoms with E-state index in [1.165, 1.54) is 0 Å². The quantitative estimate of drug-likeness (QED) is 0.405. The number of carbonyl (C=O) groups excluding carboxylic acids is 2. The number of rotatable bonds is 8. The van der Waals surface area contributed by atoms with Crippen molar-refractivity contribution in [2.75, 3.05) is 30.9 Å². The average molecular weight is 484 g/mol. The number of nitrogens with one attached hydrogen (secondary N) is 1. The van der Waals surface area contributed by atoms with Gasteiger partial charge in [0.1, 0.15) is 0 Å². The van der Waals surface area contributed by atoms with Gasteiger partial charge in [-0.3, -0.25) is 9.59 Å². The van der Waals surface area contributed by atoms with Gasteiger partial charge in [-0.15, -0.1) is 0 Å². The maximum Gasteiger partial charge on any atom is 0.257 e. The van der Waals surface area contributed by atoms with Gasteiger partial charge in [0.25, 0.3) is 11.8 Å². The molecule has 33 heavy (non-hydrogen) atoms. The van der Waals surface area contributed by atoms with Gasteiger partial charge in [0.15, 0.2) is 0 Å². The number of nitrogens with zero attached hydrogens (tertiary/aromatic N) is 2. The zero-order valence-corrected chi connectivity index (χ0v) is 20.5. The minimum Gasteiger partial charge on any atom is -0.377 e. The normalized spacial score (nSPS) is 10.6. The summed E-state index contributed by atoms with van der Waals surface area (Å²) in [6, 6.07) is 19.6. The third-order valence-corrected chi connectivity index (χ3v) is 5.84. The molecule has 0 aromatic heterocycles. The zero-order valence-electron chi connectivity index (χ0n) is 18.9. The molecule has 7 heteroatoms. The molecule has 3 aromatic rings. The highest BCUT2D eigenvalue weighted by molar-refractivity contribution is 6.34. The van der Waals surface area contributed by atoms with Crippen LogP contribution < -0.4 is 10.2 Å². The van der Waals surface area contributed by atoms with Crippen molar-refractivity contribution < 1.29 is 9.59 Å². The van der Waals surface area contributed by atoms with Crippen LogP contribution in [0.2, 0.25) is 10.0 Å². The lowest BCUT2D eigenvalue weighted by Gasteiger charge is -2.26. The molecule has 0 aliphatic rings. The molecule has 3 aromatic carbocycles. The van der Waals surface area contributed by atoms with Crippen LogP contribution in [-0.4, -0.2) is 37.4 Å². The van der Waals surface area contributed by atoms with Gasteiger partial charge in [0.2, 0.25) is 0 Å². The van der Waals surface area contributed by atoms with E-state index >= 15 is 0 Å². The van der Waals surface area contributed by atoms with Gasteiger partial charge in [-0.25, -0.2) is 0 Å². The topological polar surface area (TPSA) is 52.7 Å². The number of hydrogen-bond donors (Lipinski definition) is 1. The first-order chi connectivity index (χ1) is 15.8. The van der Waals surface area contributed by atoms with Crippen LogP contribution in [0.4, 0.5) is 11.4 Å². The Balaban J connectivity index is 1.91. The lowest BCUT2D eigenvalue weighted by molar-refractivity contribution is 0.0743. The summed E-state index contributed by atoms with van der Waals surface area (Å²) in [5, 5.41) is 3.73. The molecule has 0 aliphatic heterocycles. The summed E-state index contributed by atoms with van der Waals surface area (Å²) in [6.07, 6.45) is 0.802. The fourth-order valence-corrected chi connectivity index (χ4v) is 4.04. The van der Waals surface area contributed by atoms with Gasteiger partial charge < -0.3 is 15.1 Å². The lowest BCUT2D eigenvalue weighted by atomic mass is 10.1. The van der Waals surface area contributed by atoms with Crippen molar-refractivity contribution >= 4 is 46.4 Å². The zero-order chi connectivity index (χ0) is 24.0. The van der Waals surface area contributed by atoms with E-state index in [0.717, 1.165) is 17.7 Å². The van der Waals surface area contributed by atoms with Gasteiger partial charge in [-0.05, 0) is 54.4 Å². The summed E-state index contributed by atoms with van der Waals surface area (Å²) in [4.78, 5) is 29.8. The highest BCUT2D eigenvalue weighted by atomic mass is 35.5. The predicted molar refractivity (Wildman–Crippen MR) is 137 cm³/mol. The molecule has 0 radical (unpaired) electrons. The molecule has 1 N–H and O–H groups in total. The Labute approximate surface area is 204 Å². The Hall–Kier alpha value is -3.02. The van der Waals surface area contributed by atoms with E-state index < -0.39 is 0 Å². The number of halogens is 2. The summed E-state index contributed by atoms with van der Waals surface area (Å²) in [6.45, 7) is 2.98. The summed E-state index contributed by atoms with van der Waals surface area (Å²) in [7, 11) is 3.89. The van der Waals surface area contributed by atoms with Crippen LogP contribution in [0.1, 0.15) is 39.6 Å². The highest BCUT2D eigenvalue weighted by Crippen LogP contribution is 2.27. The largest absolute Gasteiger partial charge is 0.377 e. The number of anilines is 2. The minimum absolute atomic E-state index is 0.127. The molecule has 0 aliphatic carbocycles. The van der Waals surface area contributed by atoms with Crippen LogP contribution in [-0.2, 0) is 6.54 Å². The molecule has 172 valence electrons. The SMILES string of the molecule is CCCN(Cc1cc(NC(=O)c2ccccc2Cl)ccc1N(C)C)C(=O)c1ccccc1Cl. The third-order valence-electron chi connectivity index (χ3n) is 5.18. The third kappa shape index (κ3) is 6.06. The molecule has 5 nitrogen and oxygen atoms in total. The van der Waals surface area contributed by atoms with E-state index in [-0.39, 0.29) is 11.8 Å². The minimum atomic E-state index is -0.290. The number of benzene rings is 3. The molecular weight excluding hydrogens is 457 g/mol. The first-order valence-electron chi connectivity index (χ1n) is 10.7. The summed E-state index contributed by atoms with van der Waals surface area (Å²) in [5.41, 5.74) is 3.37. The van der Waals surface area contributed by atoms with E-state index in [0.29, 0.717) is 39.9 Å². The Kier molecular flexibility index (Phi) is 8.37. The molecular formula is C26H27Cl2N3O2. The van der Waals surface area contributed by atoms with E-state index in [4.69, 9.17) is 23.2 Å². The van der Waals surface area contributed by atoms with Crippen molar-refractivity contribution in [2.24, 2.45) is 0 Å². The van der Waals surface area contributed by atoms with Crippen molar-refractivity contribution in [3.63, 3.8) is 0 Å². The van der Waals surface area contributed by atoms with Crippen molar-refractivity contribution in [1.29, 1.82) is 0 Å². The molecule has 3 rings (SSSR count). The van der Waals surface area contributed by atoms with Gasteiger partial charge >= 0.3 is 0 Å². The van der Waals surface area contributed by atoms with Crippen LogP contribution in [0.25, 0.3) is 0 Å². The van der Waals surface area contributed by atoms with E-state index in [9.17, 15) is 9.59 Å². The summed E-state index contributed by atoms with van der Waals surface area (Å²) in [5.74, 6) is -0.417. The van der Waals surface area contributed by atoms with E-state index in [1.54, 1.807) is 53.4 Å². The smallest absolute Gasteiger partial charge is 0.257 e. The average Bonchev–Trinajstić information content (AvgIpc) is 2.79. The van der Waals surface area contributed by atoms with Crippen molar-refractivity contribution in [1.82, 2.24) is 4.90 Å². The van der Waals surface area contributed by atoms with Gasteiger partial charge in [-0.1, -0.05) is 54.4 Å². The maximum atomic E-state index is 13.3. The van der Waals surface area contributed by atoms with Crippen LogP contribution in [0.15, 0.2) is 66.7 Å². The monoisotopic (exact) mass is 483 g/mol. The van der Waals surface area contributed by atoms with Crippen LogP contribution >= 0.6 is 23.2 Å². The molecule has 0 atom stereocenters. The number of carbonyl (C=O) groups is 2. The van der Waals surface area contributed by atoms with Crippen molar-refractivity contribution in [3.05, 3.63) is 93.5 Å². The standard InChI is InChI=1S/C26H27Cl2N3O2/c1-4-15-31(26(33)21-10-6-8-12-23(21)28)17-18-16-19(13-14-24(18)30(2)3)29-25(32)20-9-5-7-11-22(20)27/h5-14,16H,4,15,17H2,1-3H3,(H,29,32). The van der Waals surface area contributed by atoms with E-state index in [2.05, 4.69) is 5.32 Å². The Morgan fingerprint density at radius 3 is 2.06 bits per heavy atom. The second kappa shape index (κ2) is 11.2. The number of hydrogen-bond acceptors (Lipinski definition) is 3. The molecule has 0 bridgehead atoms. The van der Waals surface area contributed by atoms with Crippen molar-refractivity contribution in [2.45, 2.75) is 19.9 Å². The van der Waals surface area contributed by atoms with Gasteiger partial charge in [0, 0.05) is 38.6 Å².